The summed E-state index contributed by atoms with van der Waals surface area (Å²) >= 11 is 1.23. The third-order valence-corrected chi connectivity index (χ3v) is 4.68. The topological polar surface area (TPSA) is 71.1 Å². The normalized spacial score (nSPS) is 10.5. The molecule has 0 radical (unpaired) electrons. The molecule has 0 aliphatic carbocycles. The van der Waals surface area contributed by atoms with Gasteiger partial charge < -0.3 is 5.32 Å². The van der Waals surface area contributed by atoms with Gasteiger partial charge in [-0.05, 0) is 49.7 Å². The Morgan fingerprint density at radius 1 is 1.07 bits per heavy atom. The third kappa shape index (κ3) is 4.98. The Labute approximate surface area is 160 Å². The number of halogens is 1. The fourth-order valence-electron chi connectivity index (χ4n) is 2.53. The van der Waals surface area contributed by atoms with Crippen LogP contribution in [0.3, 0.4) is 0 Å². The van der Waals surface area contributed by atoms with E-state index in [1.807, 2.05) is 32.0 Å². The number of benzene rings is 2. The Kier molecular flexibility index (Phi) is 5.61. The van der Waals surface area contributed by atoms with Crippen molar-refractivity contribution in [2.75, 3.05) is 10.6 Å². The molecule has 0 saturated carbocycles. The molecule has 27 heavy (non-hydrogen) atoms. The number of anilines is 2. The number of carbonyl (C=O) groups excluding carboxylic acids is 2. The number of carbonyl (C=O) groups is 2. The summed E-state index contributed by atoms with van der Waals surface area (Å²) in [4.78, 5) is 28.6. The van der Waals surface area contributed by atoms with E-state index in [0.29, 0.717) is 16.4 Å². The van der Waals surface area contributed by atoms with E-state index in [4.69, 9.17) is 0 Å². The van der Waals surface area contributed by atoms with Crippen molar-refractivity contribution in [1.29, 1.82) is 0 Å². The largest absolute Gasteiger partial charge is 0.326 e. The average molecular weight is 383 g/mol. The monoisotopic (exact) mass is 383 g/mol. The van der Waals surface area contributed by atoms with Crippen LogP contribution in [0.25, 0.3) is 0 Å². The van der Waals surface area contributed by atoms with Crippen LogP contribution in [0.4, 0.5) is 15.2 Å². The lowest BCUT2D eigenvalue weighted by Crippen LogP contribution is -2.16. The van der Waals surface area contributed by atoms with Gasteiger partial charge in [-0.15, -0.1) is 11.3 Å². The molecule has 0 atom stereocenters. The van der Waals surface area contributed by atoms with Crippen LogP contribution in [-0.4, -0.2) is 16.8 Å². The molecule has 3 aromatic rings. The van der Waals surface area contributed by atoms with Gasteiger partial charge in [-0.1, -0.05) is 17.7 Å². The van der Waals surface area contributed by atoms with Crippen molar-refractivity contribution in [1.82, 2.24) is 4.98 Å². The zero-order valence-electron chi connectivity index (χ0n) is 14.9. The molecule has 2 aromatic carbocycles. The van der Waals surface area contributed by atoms with Gasteiger partial charge in [0.2, 0.25) is 5.91 Å². The SMILES string of the molecule is Cc1ccc(NC(=O)Cc2csc(NC(=O)c3ccc(F)cc3)n2)c(C)c1. The van der Waals surface area contributed by atoms with E-state index in [1.54, 1.807) is 5.38 Å². The highest BCUT2D eigenvalue weighted by Gasteiger charge is 2.12. The number of amides is 2. The molecule has 0 aliphatic heterocycles. The van der Waals surface area contributed by atoms with Gasteiger partial charge in [0.1, 0.15) is 5.82 Å². The minimum absolute atomic E-state index is 0.107. The Balaban J connectivity index is 1.59. The van der Waals surface area contributed by atoms with Gasteiger partial charge in [0.25, 0.3) is 5.91 Å². The highest BCUT2D eigenvalue weighted by Crippen LogP contribution is 2.19. The summed E-state index contributed by atoms with van der Waals surface area (Å²) in [6.07, 6.45) is 0.107. The molecule has 0 saturated heterocycles. The number of hydrogen-bond acceptors (Lipinski definition) is 4. The van der Waals surface area contributed by atoms with Gasteiger partial charge in [-0.3, -0.25) is 14.9 Å². The molecule has 2 amide bonds. The van der Waals surface area contributed by atoms with E-state index in [2.05, 4.69) is 15.6 Å². The van der Waals surface area contributed by atoms with Gasteiger partial charge in [-0.2, -0.15) is 0 Å². The van der Waals surface area contributed by atoms with Crippen LogP contribution in [0, 0.1) is 19.7 Å². The summed E-state index contributed by atoms with van der Waals surface area (Å²) in [5, 5.41) is 7.63. The first-order valence-corrected chi connectivity index (χ1v) is 9.17. The fraction of sp³-hybridized carbons (Fsp3) is 0.150. The zero-order valence-corrected chi connectivity index (χ0v) is 15.7. The molecule has 7 heteroatoms. The molecule has 0 spiro atoms. The van der Waals surface area contributed by atoms with Crippen LogP contribution >= 0.6 is 11.3 Å². The summed E-state index contributed by atoms with van der Waals surface area (Å²) in [5.74, 6) is -0.961. The predicted octanol–water partition coefficient (Wildman–Crippen LogP) is 4.33. The van der Waals surface area contributed by atoms with Crippen molar-refractivity contribution in [3.05, 3.63) is 76.0 Å². The van der Waals surface area contributed by atoms with E-state index >= 15 is 0 Å². The highest BCUT2D eigenvalue weighted by molar-refractivity contribution is 7.14. The number of nitrogens with one attached hydrogen (secondary N) is 2. The Bertz CT molecular complexity index is 983. The third-order valence-electron chi connectivity index (χ3n) is 3.88. The quantitative estimate of drug-likeness (QED) is 0.689. The average Bonchev–Trinajstić information content (AvgIpc) is 3.04. The molecule has 1 heterocycles. The molecule has 0 bridgehead atoms. The van der Waals surface area contributed by atoms with Crippen LogP contribution in [0.5, 0.6) is 0 Å². The van der Waals surface area contributed by atoms with Crippen LogP contribution < -0.4 is 10.6 Å². The molecular formula is C20H18FN3O2S. The number of thiazole rings is 1. The van der Waals surface area contributed by atoms with E-state index in [9.17, 15) is 14.0 Å². The molecule has 0 unspecified atom stereocenters. The van der Waals surface area contributed by atoms with Gasteiger partial charge in [0.15, 0.2) is 5.13 Å². The lowest BCUT2D eigenvalue weighted by Gasteiger charge is -2.08. The molecule has 5 nitrogen and oxygen atoms in total. The van der Waals surface area contributed by atoms with E-state index < -0.39 is 5.82 Å². The second-order valence-corrected chi connectivity index (χ2v) is 7.01. The number of hydrogen-bond donors (Lipinski definition) is 2. The number of nitrogens with zero attached hydrogens (tertiary/aromatic N) is 1. The van der Waals surface area contributed by atoms with Crippen molar-refractivity contribution in [3.8, 4) is 0 Å². The minimum atomic E-state index is -0.405. The molecule has 138 valence electrons. The Morgan fingerprint density at radius 3 is 2.52 bits per heavy atom. The lowest BCUT2D eigenvalue weighted by atomic mass is 10.1. The van der Waals surface area contributed by atoms with Crippen molar-refractivity contribution < 1.29 is 14.0 Å². The minimum Gasteiger partial charge on any atom is -0.326 e. The van der Waals surface area contributed by atoms with Crippen molar-refractivity contribution >= 4 is 34.0 Å². The van der Waals surface area contributed by atoms with Crippen LogP contribution in [0.2, 0.25) is 0 Å². The molecule has 0 aliphatic rings. The van der Waals surface area contributed by atoms with Gasteiger partial charge >= 0.3 is 0 Å². The van der Waals surface area contributed by atoms with Crippen LogP contribution in [-0.2, 0) is 11.2 Å². The fourth-order valence-corrected chi connectivity index (χ4v) is 3.23. The molecule has 1 aromatic heterocycles. The van der Waals surface area contributed by atoms with E-state index in [0.717, 1.165) is 16.8 Å². The number of aryl methyl sites for hydroxylation is 2. The summed E-state index contributed by atoms with van der Waals surface area (Å²) in [5.41, 5.74) is 3.79. The molecule has 0 fully saturated rings. The Morgan fingerprint density at radius 2 is 1.81 bits per heavy atom. The second-order valence-electron chi connectivity index (χ2n) is 6.15. The van der Waals surface area contributed by atoms with E-state index in [-0.39, 0.29) is 18.2 Å². The maximum atomic E-state index is 12.9. The first-order valence-electron chi connectivity index (χ1n) is 8.29. The highest BCUT2D eigenvalue weighted by atomic mass is 32.1. The first-order chi connectivity index (χ1) is 12.9. The van der Waals surface area contributed by atoms with Gasteiger partial charge in [0, 0.05) is 16.6 Å². The maximum absolute atomic E-state index is 12.9. The van der Waals surface area contributed by atoms with Crippen molar-refractivity contribution in [2.24, 2.45) is 0 Å². The van der Waals surface area contributed by atoms with Gasteiger partial charge in [-0.25, -0.2) is 9.37 Å². The van der Waals surface area contributed by atoms with Crippen molar-refractivity contribution in [2.45, 2.75) is 20.3 Å². The summed E-state index contributed by atoms with van der Waals surface area (Å²) in [6, 6.07) is 11.1. The zero-order chi connectivity index (χ0) is 19.4. The summed E-state index contributed by atoms with van der Waals surface area (Å²) in [6.45, 7) is 3.93. The smallest absolute Gasteiger partial charge is 0.257 e. The standard InChI is InChI=1S/C20H18FN3O2S/c1-12-3-8-17(13(2)9-12)23-18(25)10-16-11-27-20(22-16)24-19(26)14-4-6-15(21)7-5-14/h3-9,11H,10H2,1-2H3,(H,23,25)(H,22,24,26). The van der Waals surface area contributed by atoms with E-state index in [1.165, 1.54) is 35.6 Å². The maximum Gasteiger partial charge on any atom is 0.257 e. The number of aromatic nitrogens is 1. The molecule has 3 rings (SSSR count). The van der Waals surface area contributed by atoms with Crippen molar-refractivity contribution in [3.63, 3.8) is 0 Å². The first kappa shape index (κ1) is 18.7. The lowest BCUT2D eigenvalue weighted by molar-refractivity contribution is -0.115. The summed E-state index contributed by atoms with van der Waals surface area (Å²) < 4.78 is 12.9. The van der Waals surface area contributed by atoms with Gasteiger partial charge in [0.05, 0.1) is 12.1 Å². The predicted molar refractivity (Wildman–Crippen MR) is 105 cm³/mol. The Hall–Kier alpha value is -3.06. The molecule has 2 N–H and O–H groups in total. The summed E-state index contributed by atoms with van der Waals surface area (Å²) in [7, 11) is 0. The number of rotatable bonds is 5. The molecular weight excluding hydrogens is 365 g/mol. The van der Waals surface area contributed by atoms with Crippen LogP contribution in [0.15, 0.2) is 47.8 Å². The van der Waals surface area contributed by atoms with Crippen LogP contribution in [0.1, 0.15) is 27.2 Å². The second kappa shape index (κ2) is 8.09.